The maximum Gasteiger partial charge on any atom is 0.138 e. The summed E-state index contributed by atoms with van der Waals surface area (Å²) < 4.78 is 5.80. The normalized spacial score (nSPS) is 16.4. The fourth-order valence-electron chi connectivity index (χ4n) is 1.56. The van der Waals surface area contributed by atoms with Crippen LogP contribution in [0.1, 0.15) is 68.2 Å². The summed E-state index contributed by atoms with van der Waals surface area (Å²) in [5.74, 6) is 1.38. The van der Waals surface area contributed by atoms with Gasteiger partial charge in [-0.1, -0.05) is 34.6 Å². The monoisotopic (exact) mass is 256 g/mol. The number of ether oxygens (including phenoxy) is 1. The van der Waals surface area contributed by atoms with Crippen molar-refractivity contribution in [1.29, 1.82) is 0 Å². The van der Waals surface area contributed by atoms with Crippen LogP contribution in [0.4, 0.5) is 0 Å². The number of Topliss-reactive ketones (excluding diaryl/α,β-unsaturated/α-hetero) is 1. The number of ketones is 1. The molecule has 0 aromatic rings. The van der Waals surface area contributed by atoms with Crippen molar-refractivity contribution in [2.24, 2.45) is 17.3 Å². The molecular formula is C16H32O2. The molecule has 0 fully saturated rings. The predicted molar refractivity (Wildman–Crippen MR) is 77.7 cm³/mol. The molecule has 0 amide bonds. The quantitative estimate of drug-likeness (QED) is 0.701. The van der Waals surface area contributed by atoms with Gasteiger partial charge in [0.25, 0.3) is 0 Å². The molecule has 108 valence electrons. The van der Waals surface area contributed by atoms with Gasteiger partial charge in [0, 0.05) is 11.8 Å². The number of hydrogen-bond acceptors (Lipinski definition) is 2. The lowest BCUT2D eigenvalue weighted by Crippen LogP contribution is -2.26. The molecule has 2 atom stereocenters. The molecule has 0 rings (SSSR count). The maximum atomic E-state index is 11.9. The molecule has 0 aliphatic carbocycles. The Kier molecular flexibility index (Phi) is 6.56. The van der Waals surface area contributed by atoms with Crippen LogP contribution in [0.15, 0.2) is 0 Å². The molecule has 0 radical (unpaired) electrons. The van der Waals surface area contributed by atoms with Crippen molar-refractivity contribution in [2.45, 2.75) is 73.8 Å². The largest absolute Gasteiger partial charge is 0.376 e. The topological polar surface area (TPSA) is 26.3 Å². The van der Waals surface area contributed by atoms with Gasteiger partial charge in [-0.05, 0) is 39.0 Å². The Morgan fingerprint density at radius 2 is 1.50 bits per heavy atom. The first-order valence-electron chi connectivity index (χ1n) is 7.11. The van der Waals surface area contributed by atoms with Crippen molar-refractivity contribution in [1.82, 2.24) is 0 Å². The zero-order valence-corrected chi connectivity index (χ0v) is 13.6. The highest BCUT2D eigenvalue weighted by atomic mass is 16.5. The highest BCUT2D eigenvalue weighted by molar-refractivity contribution is 5.83. The van der Waals surface area contributed by atoms with Crippen molar-refractivity contribution in [3.63, 3.8) is 0 Å². The molecule has 18 heavy (non-hydrogen) atoms. The second-order valence-corrected chi connectivity index (χ2v) is 7.59. The Balaban J connectivity index is 4.03. The van der Waals surface area contributed by atoms with E-state index in [1.54, 1.807) is 0 Å². The number of hydrogen-bond donors (Lipinski definition) is 0. The van der Waals surface area contributed by atoms with Gasteiger partial charge in [-0.25, -0.2) is 0 Å². The summed E-state index contributed by atoms with van der Waals surface area (Å²) in [6, 6.07) is 0. The predicted octanol–water partition coefficient (Wildman–Crippen LogP) is 4.47. The summed E-state index contributed by atoms with van der Waals surface area (Å²) >= 11 is 0. The van der Waals surface area contributed by atoms with Gasteiger partial charge in [0.15, 0.2) is 0 Å². The molecule has 2 heteroatoms. The Hall–Kier alpha value is -0.370. The zero-order chi connectivity index (χ0) is 14.6. The van der Waals surface area contributed by atoms with E-state index < -0.39 is 0 Å². The van der Waals surface area contributed by atoms with Crippen LogP contribution in [0.5, 0.6) is 0 Å². The first-order chi connectivity index (χ1) is 7.93. The smallest absolute Gasteiger partial charge is 0.138 e. The van der Waals surface area contributed by atoms with Crippen LogP contribution >= 0.6 is 0 Å². The van der Waals surface area contributed by atoms with Crippen molar-refractivity contribution in [3.05, 3.63) is 0 Å². The van der Waals surface area contributed by atoms with E-state index in [9.17, 15) is 4.79 Å². The molecule has 0 aromatic carbocycles. The standard InChI is InChI=1S/C16H32O2/c1-12(9-10-14(17)15(3,4)5)13(2)11-18-16(6,7)8/h12-13H,9-11H2,1-8H3. The third kappa shape index (κ3) is 7.86. The highest BCUT2D eigenvalue weighted by Crippen LogP contribution is 2.23. The summed E-state index contributed by atoms with van der Waals surface area (Å²) in [4.78, 5) is 11.9. The van der Waals surface area contributed by atoms with Crippen LogP contribution < -0.4 is 0 Å². The van der Waals surface area contributed by atoms with Gasteiger partial charge >= 0.3 is 0 Å². The summed E-state index contributed by atoms with van der Waals surface area (Å²) in [6.07, 6.45) is 1.65. The molecule has 2 nitrogen and oxygen atoms in total. The third-order valence-corrected chi connectivity index (χ3v) is 3.41. The summed E-state index contributed by atoms with van der Waals surface area (Å²) in [5, 5.41) is 0. The molecule has 0 saturated heterocycles. The molecule has 0 saturated carbocycles. The fourth-order valence-corrected chi connectivity index (χ4v) is 1.56. The van der Waals surface area contributed by atoms with Gasteiger partial charge in [0.05, 0.1) is 12.2 Å². The van der Waals surface area contributed by atoms with Gasteiger partial charge in [0.1, 0.15) is 5.78 Å². The Morgan fingerprint density at radius 1 is 1.00 bits per heavy atom. The third-order valence-electron chi connectivity index (χ3n) is 3.41. The molecule has 0 spiro atoms. The van der Waals surface area contributed by atoms with Crippen molar-refractivity contribution < 1.29 is 9.53 Å². The SMILES string of the molecule is CC(CCC(=O)C(C)(C)C)C(C)COC(C)(C)C. The fraction of sp³-hybridized carbons (Fsp3) is 0.938. The molecule has 0 bridgehead atoms. The van der Waals surface area contributed by atoms with Crippen LogP contribution in [0.25, 0.3) is 0 Å². The average molecular weight is 256 g/mol. The van der Waals surface area contributed by atoms with Crippen LogP contribution in [-0.2, 0) is 9.53 Å². The molecule has 0 aliphatic heterocycles. The number of carbonyl (C=O) groups excluding carboxylic acids is 1. The van der Waals surface area contributed by atoms with Gasteiger partial charge < -0.3 is 4.74 Å². The van der Waals surface area contributed by atoms with E-state index in [4.69, 9.17) is 4.74 Å². The number of rotatable bonds is 6. The summed E-state index contributed by atoms with van der Waals surface area (Å²) in [6.45, 7) is 17.4. The van der Waals surface area contributed by atoms with E-state index in [0.29, 0.717) is 24.0 Å². The van der Waals surface area contributed by atoms with Gasteiger partial charge in [0.2, 0.25) is 0 Å². The van der Waals surface area contributed by atoms with Crippen LogP contribution in [0.2, 0.25) is 0 Å². The first kappa shape index (κ1) is 17.6. The van der Waals surface area contributed by atoms with Crippen LogP contribution in [0, 0.1) is 17.3 Å². The van der Waals surface area contributed by atoms with Crippen LogP contribution in [-0.4, -0.2) is 18.0 Å². The zero-order valence-electron chi connectivity index (χ0n) is 13.6. The Labute approximate surface area is 113 Å². The second-order valence-electron chi connectivity index (χ2n) is 7.59. The Bertz CT molecular complexity index is 255. The minimum Gasteiger partial charge on any atom is -0.376 e. The van der Waals surface area contributed by atoms with Crippen molar-refractivity contribution in [3.8, 4) is 0 Å². The lowest BCUT2D eigenvalue weighted by molar-refractivity contribution is -0.126. The molecular weight excluding hydrogens is 224 g/mol. The second kappa shape index (κ2) is 6.70. The van der Waals surface area contributed by atoms with Gasteiger partial charge in [-0.15, -0.1) is 0 Å². The lowest BCUT2D eigenvalue weighted by atomic mass is 9.84. The molecule has 2 unspecified atom stereocenters. The lowest BCUT2D eigenvalue weighted by Gasteiger charge is -2.26. The van der Waals surface area contributed by atoms with Gasteiger partial charge in [-0.2, -0.15) is 0 Å². The van der Waals surface area contributed by atoms with E-state index in [2.05, 4.69) is 34.6 Å². The van der Waals surface area contributed by atoms with Crippen molar-refractivity contribution in [2.75, 3.05) is 6.61 Å². The first-order valence-corrected chi connectivity index (χ1v) is 7.11. The van der Waals surface area contributed by atoms with E-state index in [1.165, 1.54) is 0 Å². The summed E-state index contributed by atoms with van der Waals surface area (Å²) in [7, 11) is 0. The van der Waals surface area contributed by atoms with E-state index in [1.807, 2.05) is 20.8 Å². The highest BCUT2D eigenvalue weighted by Gasteiger charge is 2.23. The van der Waals surface area contributed by atoms with Gasteiger partial charge in [-0.3, -0.25) is 4.79 Å². The van der Waals surface area contributed by atoms with E-state index >= 15 is 0 Å². The molecule has 0 aliphatic rings. The molecule has 0 aromatic heterocycles. The average Bonchev–Trinajstić information content (AvgIpc) is 2.19. The van der Waals surface area contributed by atoms with Crippen LogP contribution in [0.3, 0.4) is 0 Å². The van der Waals surface area contributed by atoms with E-state index in [-0.39, 0.29) is 11.0 Å². The van der Waals surface area contributed by atoms with Crippen molar-refractivity contribution >= 4 is 5.78 Å². The minimum absolute atomic E-state index is 0.0742. The maximum absolute atomic E-state index is 11.9. The summed E-state index contributed by atoms with van der Waals surface area (Å²) in [5.41, 5.74) is -0.278. The Morgan fingerprint density at radius 3 is 1.89 bits per heavy atom. The van der Waals surface area contributed by atoms with E-state index in [0.717, 1.165) is 13.0 Å². The minimum atomic E-state index is -0.204. The molecule has 0 heterocycles. The molecule has 0 N–H and O–H groups in total. The number of carbonyl (C=O) groups is 1.